The lowest BCUT2D eigenvalue weighted by Gasteiger charge is -2.21. The van der Waals surface area contributed by atoms with Crippen LogP contribution < -0.4 is 0 Å². The van der Waals surface area contributed by atoms with Crippen LogP contribution in [0.2, 0.25) is 0 Å². The quantitative estimate of drug-likeness (QED) is 0.204. The lowest BCUT2D eigenvalue weighted by Crippen LogP contribution is -2.14. The van der Waals surface area contributed by atoms with Gasteiger partial charge in [-0.1, -0.05) is 123 Å². The van der Waals surface area contributed by atoms with Crippen LogP contribution in [0.4, 0.5) is 0 Å². The van der Waals surface area contributed by atoms with Gasteiger partial charge in [0.15, 0.2) is 17.5 Å². The van der Waals surface area contributed by atoms with Crippen molar-refractivity contribution in [3.63, 3.8) is 0 Å². The summed E-state index contributed by atoms with van der Waals surface area (Å²) in [6.07, 6.45) is 3.55. The molecule has 0 bridgehead atoms. The Bertz CT molecular complexity index is 2170. The van der Waals surface area contributed by atoms with E-state index in [1.54, 1.807) is 12.4 Å². The van der Waals surface area contributed by atoms with Crippen molar-refractivity contribution in [2.75, 3.05) is 0 Å². The maximum Gasteiger partial charge on any atom is 0.165 e. The molecule has 214 valence electrons. The average molecular weight is 579 g/mol. The zero-order valence-electron chi connectivity index (χ0n) is 25.1. The number of nitrogens with zero attached hydrogens (tertiary/aromatic N) is 4. The zero-order chi connectivity index (χ0) is 30.4. The molecule has 0 aliphatic heterocycles. The predicted molar refractivity (Wildman–Crippen MR) is 182 cm³/mol. The van der Waals surface area contributed by atoms with Gasteiger partial charge in [-0.05, 0) is 68.8 Å². The molecule has 0 amide bonds. The second kappa shape index (κ2) is 10.8. The van der Waals surface area contributed by atoms with Crippen molar-refractivity contribution in [1.29, 1.82) is 0 Å². The molecule has 0 fully saturated rings. The van der Waals surface area contributed by atoms with Crippen molar-refractivity contribution < 1.29 is 0 Å². The first-order chi connectivity index (χ1) is 22.0. The molecule has 2 heterocycles. The Balaban J connectivity index is 1.21. The number of fused-ring (bicyclic) bond motifs is 3. The number of aromatic nitrogens is 4. The molecular formula is C41H30N4. The standard InChI is InChI=1S/C41H30N4/c1-41(2)36-16-7-6-15-34(36)35-25-31(21-22-37(35)41)30-12-8-13-32(24-30)39-43-38(44-40(45-39)33-14-9-23-42-26-33)29-19-17-28(18-20-29)27-10-4-3-5-11-27/h3-26H,1-2H3. The largest absolute Gasteiger partial charge is 0.264 e. The van der Waals surface area contributed by atoms with E-state index in [2.05, 4.69) is 134 Å². The van der Waals surface area contributed by atoms with Gasteiger partial charge in [0.2, 0.25) is 0 Å². The highest BCUT2D eigenvalue weighted by Gasteiger charge is 2.35. The molecule has 45 heavy (non-hydrogen) atoms. The van der Waals surface area contributed by atoms with Crippen molar-refractivity contribution in [1.82, 2.24) is 19.9 Å². The summed E-state index contributed by atoms with van der Waals surface area (Å²) >= 11 is 0. The van der Waals surface area contributed by atoms with Crippen LogP contribution >= 0.6 is 0 Å². The normalized spacial score (nSPS) is 12.8. The van der Waals surface area contributed by atoms with Gasteiger partial charge in [-0.15, -0.1) is 0 Å². The van der Waals surface area contributed by atoms with Crippen LogP contribution in [0.5, 0.6) is 0 Å². The van der Waals surface area contributed by atoms with E-state index in [1.807, 2.05) is 18.2 Å². The highest BCUT2D eigenvalue weighted by Crippen LogP contribution is 2.49. The molecule has 1 aliphatic rings. The van der Waals surface area contributed by atoms with Gasteiger partial charge < -0.3 is 0 Å². The highest BCUT2D eigenvalue weighted by atomic mass is 15.0. The van der Waals surface area contributed by atoms with Crippen LogP contribution in [0.15, 0.2) is 146 Å². The summed E-state index contributed by atoms with van der Waals surface area (Å²) in [5, 5.41) is 0. The Morgan fingerprint density at radius 3 is 1.73 bits per heavy atom. The third-order valence-corrected chi connectivity index (χ3v) is 8.84. The number of pyridine rings is 1. The van der Waals surface area contributed by atoms with Crippen molar-refractivity contribution in [3.05, 3.63) is 157 Å². The zero-order valence-corrected chi connectivity index (χ0v) is 25.1. The minimum absolute atomic E-state index is 0.0183. The lowest BCUT2D eigenvalue weighted by atomic mass is 9.82. The van der Waals surface area contributed by atoms with E-state index >= 15 is 0 Å². The van der Waals surface area contributed by atoms with E-state index in [4.69, 9.17) is 15.0 Å². The highest BCUT2D eigenvalue weighted by molar-refractivity contribution is 5.85. The third kappa shape index (κ3) is 4.81. The van der Waals surface area contributed by atoms with Crippen molar-refractivity contribution in [3.8, 4) is 67.5 Å². The minimum atomic E-state index is -0.0183. The summed E-state index contributed by atoms with van der Waals surface area (Å²) in [4.78, 5) is 19.2. The van der Waals surface area contributed by atoms with Crippen molar-refractivity contribution in [2.24, 2.45) is 0 Å². The van der Waals surface area contributed by atoms with Gasteiger partial charge >= 0.3 is 0 Å². The Hall–Kier alpha value is -5.74. The fourth-order valence-electron chi connectivity index (χ4n) is 6.44. The predicted octanol–water partition coefficient (Wildman–Crippen LogP) is 9.91. The van der Waals surface area contributed by atoms with Gasteiger partial charge in [-0.25, -0.2) is 15.0 Å². The summed E-state index contributed by atoms with van der Waals surface area (Å²) in [6, 6.07) is 46.7. The molecule has 2 aromatic heterocycles. The molecule has 0 saturated carbocycles. The molecular weight excluding hydrogens is 548 g/mol. The fraction of sp³-hybridized carbons (Fsp3) is 0.0732. The minimum Gasteiger partial charge on any atom is -0.264 e. The number of hydrogen-bond donors (Lipinski definition) is 0. The van der Waals surface area contributed by atoms with Gasteiger partial charge in [-0.2, -0.15) is 0 Å². The summed E-state index contributed by atoms with van der Waals surface area (Å²) in [5.74, 6) is 1.85. The van der Waals surface area contributed by atoms with Crippen LogP contribution in [-0.2, 0) is 5.41 Å². The average Bonchev–Trinajstić information content (AvgIpc) is 3.34. The molecule has 5 aromatic carbocycles. The van der Waals surface area contributed by atoms with Gasteiger partial charge in [0.05, 0.1) is 0 Å². The van der Waals surface area contributed by atoms with E-state index in [1.165, 1.54) is 33.4 Å². The molecule has 8 rings (SSSR count). The summed E-state index contributed by atoms with van der Waals surface area (Å²) in [7, 11) is 0. The topological polar surface area (TPSA) is 51.6 Å². The van der Waals surface area contributed by atoms with E-state index in [0.717, 1.165) is 27.8 Å². The molecule has 0 atom stereocenters. The summed E-state index contributed by atoms with van der Waals surface area (Å²) < 4.78 is 0. The molecule has 7 aromatic rings. The fourth-order valence-corrected chi connectivity index (χ4v) is 6.44. The molecule has 0 unspecified atom stereocenters. The Morgan fingerprint density at radius 2 is 0.956 bits per heavy atom. The second-order valence-electron chi connectivity index (χ2n) is 12.0. The molecule has 4 nitrogen and oxygen atoms in total. The van der Waals surface area contributed by atoms with E-state index in [9.17, 15) is 0 Å². The molecule has 0 radical (unpaired) electrons. The van der Waals surface area contributed by atoms with Crippen LogP contribution in [0.1, 0.15) is 25.0 Å². The second-order valence-corrected chi connectivity index (χ2v) is 12.0. The Morgan fingerprint density at radius 1 is 0.400 bits per heavy atom. The SMILES string of the molecule is CC1(C)c2ccccc2-c2cc(-c3cccc(-c4nc(-c5ccc(-c6ccccc6)cc5)nc(-c5cccnc5)n4)c3)ccc21. The van der Waals surface area contributed by atoms with Crippen LogP contribution in [0.25, 0.3) is 67.5 Å². The number of hydrogen-bond acceptors (Lipinski definition) is 4. The van der Waals surface area contributed by atoms with Gasteiger partial charge in [0.25, 0.3) is 0 Å². The van der Waals surface area contributed by atoms with E-state index in [-0.39, 0.29) is 5.41 Å². The maximum absolute atomic E-state index is 5.00. The van der Waals surface area contributed by atoms with E-state index < -0.39 is 0 Å². The maximum atomic E-state index is 5.00. The summed E-state index contributed by atoms with van der Waals surface area (Å²) in [5.41, 5.74) is 12.7. The molecule has 1 aliphatic carbocycles. The molecule has 0 spiro atoms. The summed E-state index contributed by atoms with van der Waals surface area (Å²) in [6.45, 7) is 4.62. The van der Waals surface area contributed by atoms with Crippen LogP contribution in [0.3, 0.4) is 0 Å². The Kier molecular flexibility index (Phi) is 6.42. The van der Waals surface area contributed by atoms with Crippen molar-refractivity contribution >= 4 is 0 Å². The van der Waals surface area contributed by atoms with Crippen LogP contribution in [-0.4, -0.2) is 19.9 Å². The monoisotopic (exact) mass is 578 g/mol. The molecule has 0 N–H and O–H groups in total. The first-order valence-electron chi connectivity index (χ1n) is 15.2. The van der Waals surface area contributed by atoms with Gasteiger partial charge in [-0.3, -0.25) is 4.98 Å². The number of benzene rings is 5. The molecule has 0 saturated heterocycles. The first kappa shape index (κ1) is 26.9. The Labute approximate surface area is 263 Å². The van der Waals surface area contributed by atoms with Crippen LogP contribution in [0, 0.1) is 0 Å². The van der Waals surface area contributed by atoms with Crippen molar-refractivity contribution in [2.45, 2.75) is 19.3 Å². The lowest BCUT2D eigenvalue weighted by molar-refractivity contribution is 0.660. The first-order valence-corrected chi connectivity index (χ1v) is 15.2. The smallest absolute Gasteiger partial charge is 0.165 e. The van der Waals surface area contributed by atoms with E-state index in [0.29, 0.717) is 17.5 Å². The van der Waals surface area contributed by atoms with Gasteiger partial charge in [0.1, 0.15) is 0 Å². The number of rotatable bonds is 5. The van der Waals surface area contributed by atoms with Gasteiger partial charge in [0, 0.05) is 34.5 Å². The third-order valence-electron chi connectivity index (χ3n) is 8.84. The molecule has 4 heteroatoms.